The zero-order chi connectivity index (χ0) is 20.4. The molecule has 1 saturated heterocycles. The minimum absolute atomic E-state index is 0.0278. The Morgan fingerprint density at radius 1 is 1.24 bits per heavy atom. The third-order valence-corrected chi connectivity index (χ3v) is 5.44. The van der Waals surface area contributed by atoms with Crippen LogP contribution in [0.4, 0.5) is 0 Å². The summed E-state index contributed by atoms with van der Waals surface area (Å²) in [5, 5.41) is 4.03. The molecule has 1 aliphatic rings. The van der Waals surface area contributed by atoms with E-state index in [9.17, 15) is 4.79 Å². The molecule has 3 aromatic heterocycles. The largest absolute Gasteiger partial charge is 0.361 e. The van der Waals surface area contributed by atoms with Gasteiger partial charge in [-0.05, 0) is 46.1 Å². The van der Waals surface area contributed by atoms with Crippen molar-refractivity contribution in [2.75, 3.05) is 6.54 Å². The molecule has 29 heavy (non-hydrogen) atoms. The maximum atomic E-state index is 13.0. The van der Waals surface area contributed by atoms with Gasteiger partial charge in [-0.1, -0.05) is 5.16 Å². The molecule has 0 radical (unpaired) electrons. The molecule has 0 saturated carbocycles. The van der Waals surface area contributed by atoms with Gasteiger partial charge in [0.1, 0.15) is 5.76 Å². The molecule has 1 aliphatic heterocycles. The molecule has 0 aromatic carbocycles. The van der Waals surface area contributed by atoms with Crippen LogP contribution in [0.3, 0.4) is 0 Å². The van der Waals surface area contributed by atoms with Gasteiger partial charge in [0.25, 0.3) is 0 Å². The Morgan fingerprint density at radius 3 is 2.83 bits per heavy atom. The highest BCUT2D eigenvalue weighted by Crippen LogP contribution is 2.32. The first-order chi connectivity index (χ1) is 14.0. The Balaban J connectivity index is 1.60. The van der Waals surface area contributed by atoms with Crippen LogP contribution in [0.2, 0.25) is 0 Å². The van der Waals surface area contributed by atoms with Crippen LogP contribution in [-0.2, 0) is 11.3 Å². The summed E-state index contributed by atoms with van der Waals surface area (Å²) in [5.41, 5.74) is 3.38. The number of aromatic nitrogens is 5. The normalized spacial score (nSPS) is 16.9. The van der Waals surface area contributed by atoms with E-state index in [0.29, 0.717) is 24.6 Å². The van der Waals surface area contributed by atoms with Crippen molar-refractivity contribution in [1.29, 1.82) is 0 Å². The number of likely N-dealkylation sites (tertiary alicyclic amines) is 1. The van der Waals surface area contributed by atoms with Gasteiger partial charge in [-0.2, -0.15) is 0 Å². The number of aryl methyl sites for hydroxylation is 4. The minimum atomic E-state index is -0.0278. The van der Waals surface area contributed by atoms with Crippen molar-refractivity contribution in [2.24, 2.45) is 0 Å². The highest BCUT2D eigenvalue weighted by atomic mass is 16.5. The molecular weight excluding hydrogens is 368 g/mol. The molecule has 1 amide bonds. The van der Waals surface area contributed by atoms with Crippen LogP contribution in [0, 0.1) is 20.8 Å². The first kappa shape index (κ1) is 19.3. The lowest BCUT2D eigenvalue weighted by Crippen LogP contribution is -2.39. The Kier molecular flexibility index (Phi) is 5.42. The number of piperidine rings is 1. The lowest BCUT2D eigenvalue weighted by atomic mass is 9.98. The monoisotopic (exact) mass is 394 g/mol. The van der Waals surface area contributed by atoms with E-state index >= 15 is 0 Å². The molecular formula is C21H26N6O2. The van der Waals surface area contributed by atoms with Gasteiger partial charge < -0.3 is 14.0 Å². The van der Waals surface area contributed by atoms with Crippen LogP contribution < -0.4 is 0 Å². The van der Waals surface area contributed by atoms with Crippen LogP contribution in [0.5, 0.6) is 0 Å². The summed E-state index contributed by atoms with van der Waals surface area (Å²) in [5.74, 6) is 1.47. The van der Waals surface area contributed by atoms with Crippen LogP contribution in [0.15, 0.2) is 29.3 Å². The number of carbonyl (C=O) groups is 1. The fourth-order valence-electron chi connectivity index (χ4n) is 4.00. The number of imidazole rings is 1. The van der Waals surface area contributed by atoms with E-state index in [1.165, 1.54) is 0 Å². The van der Waals surface area contributed by atoms with Gasteiger partial charge in [-0.3, -0.25) is 4.79 Å². The topological polar surface area (TPSA) is 89.9 Å². The van der Waals surface area contributed by atoms with Gasteiger partial charge in [-0.25, -0.2) is 15.0 Å². The molecule has 0 bridgehead atoms. The zero-order valence-corrected chi connectivity index (χ0v) is 17.1. The van der Waals surface area contributed by atoms with E-state index in [2.05, 4.69) is 15.1 Å². The van der Waals surface area contributed by atoms with E-state index in [4.69, 9.17) is 9.51 Å². The molecule has 152 valence electrons. The van der Waals surface area contributed by atoms with Crippen LogP contribution in [0.25, 0.3) is 11.4 Å². The molecule has 0 unspecified atom stereocenters. The Morgan fingerprint density at radius 2 is 2.10 bits per heavy atom. The third-order valence-electron chi connectivity index (χ3n) is 5.44. The van der Waals surface area contributed by atoms with Crippen molar-refractivity contribution in [2.45, 2.75) is 59.0 Å². The van der Waals surface area contributed by atoms with Crippen LogP contribution >= 0.6 is 0 Å². The van der Waals surface area contributed by atoms with E-state index in [1.54, 1.807) is 12.5 Å². The predicted molar refractivity (Wildman–Crippen MR) is 107 cm³/mol. The fourth-order valence-corrected chi connectivity index (χ4v) is 4.00. The molecule has 0 N–H and O–H groups in total. The molecule has 1 fully saturated rings. The first-order valence-electron chi connectivity index (χ1n) is 10.1. The summed E-state index contributed by atoms with van der Waals surface area (Å²) in [6, 6.07) is 1.97. The Labute approximate surface area is 170 Å². The Hall–Kier alpha value is -3.03. The molecule has 4 rings (SSSR count). The summed E-state index contributed by atoms with van der Waals surface area (Å²) in [6.07, 6.45) is 8.82. The number of hydrogen-bond donors (Lipinski definition) is 0. The summed E-state index contributed by atoms with van der Waals surface area (Å²) >= 11 is 0. The van der Waals surface area contributed by atoms with Crippen molar-refractivity contribution in [1.82, 2.24) is 29.6 Å². The standard InChI is InChI=1S/C21H26N6O2/c1-14-12-17(24-21(23-14)20-15(2)25-29-16(20)3)18-6-4-5-9-27(18)19(28)7-10-26-11-8-22-13-26/h8,11-13,18H,4-7,9-10H2,1-3H3/t18-/m0/s1. The first-order valence-corrected chi connectivity index (χ1v) is 10.1. The second-order valence-electron chi connectivity index (χ2n) is 7.61. The van der Waals surface area contributed by atoms with Gasteiger partial charge in [0, 0.05) is 37.6 Å². The quantitative estimate of drug-likeness (QED) is 0.659. The summed E-state index contributed by atoms with van der Waals surface area (Å²) in [4.78, 5) is 28.5. The average molecular weight is 394 g/mol. The van der Waals surface area contributed by atoms with Crippen LogP contribution in [-0.4, -0.2) is 42.0 Å². The maximum absolute atomic E-state index is 13.0. The fraction of sp³-hybridized carbons (Fsp3) is 0.476. The number of rotatable bonds is 5. The number of carbonyl (C=O) groups excluding carboxylic acids is 1. The molecule has 0 aliphatic carbocycles. The van der Waals surface area contributed by atoms with Gasteiger partial charge in [-0.15, -0.1) is 0 Å². The molecule has 3 aromatic rings. The lowest BCUT2D eigenvalue weighted by molar-refractivity contribution is -0.135. The SMILES string of the molecule is Cc1cc([C@@H]2CCCCN2C(=O)CCn2ccnc2)nc(-c2c(C)noc2C)n1. The van der Waals surface area contributed by atoms with Gasteiger partial charge in [0.15, 0.2) is 5.82 Å². The molecule has 8 nitrogen and oxygen atoms in total. The summed E-state index contributed by atoms with van der Waals surface area (Å²) in [7, 11) is 0. The predicted octanol–water partition coefficient (Wildman–Crippen LogP) is 3.40. The van der Waals surface area contributed by atoms with Crippen molar-refractivity contribution in [3.63, 3.8) is 0 Å². The zero-order valence-electron chi connectivity index (χ0n) is 17.1. The van der Waals surface area contributed by atoms with E-state index in [-0.39, 0.29) is 11.9 Å². The molecule has 4 heterocycles. The summed E-state index contributed by atoms with van der Waals surface area (Å²) in [6.45, 7) is 7.12. The number of nitrogens with zero attached hydrogens (tertiary/aromatic N) is 6. The highest BCUT2D eigenvalue weighted by molar-refractivity contribution is 5.76. The second-order valence-corrected chi connectivity index (χ2v) is 7.61. The van der Waals surface area contributed by atoms with Gasteiger partial charge >= 0.3 is 0 Å². The van der Waals surface area contributed by atoms with E-state index in [1.807, 2.05) is 42.5 Å². The summed E-state index contributed by atoms with van der Waals surface area (Å²) < 4.78 is 7.23. The van der Waals surface area contributed by atoms with Crippen molar-refractivity contribution in [3.8, 4) is 11.4 Å². The van der Waals surface area contributed by atoms with Crippen molar-refractivity contribution < 1.29 is 9.32 Å². The second kappa shape index (κ2) is 8.14. The molecule has 0 spiro atoms. The number of amides is 1. The van der Waals surface area contributed by atoms with Crippen LogP contribution in [0.1, 0.15) is 54.6 Å². The van der Waals surface area contributed by atoms with Crippen molar-refractivity contribution in [3.05, 3.63) is 47.6 Å². The Bertz CT molecular complexity index is 975. The molecule has 8 heteroatoms. The number of hydrogen-bond acceptors (Lipinski definition) is 6. The van der Waals surface area contributed by atoms with Gasteiger partial charge in [0.05, 0.1) is 29.3 Å². The lowest BCUT2D eigenvalue weighted by Gasteiger charge is -2.35. The average Bonchev–Trinajstić information content (AvgIpc) is 3.35. The third kappa shape index (κ3) is 4.06. The minimum Gasteiger partial charge on any atom is -0.361 e. The van der Waals surface area contributed by atoms with Gasteiger partial charge in [0.2, 0.25) is 5.91 Å². The smallest absolute Gasteiger partial charge is 0.224 e. The van der Waals surface area contributed by atoms with Crippen molar-refractivity contribution >= 4 is 5.91 Å². The van der Waals surface area contributed by atoms with E-state index < -0.39 is 0 Å². The highest BCUT2D eigenvalue weighted by Gasteiger charge is 2.29. The maximum Gasteiger partial charge on any atom is 0.224 e. The van der Waals surface area contributed by atoms with E-state index in [0.717, 1.165) is 48.5 Å². The molecule has 1 atom stereocenters.